The molecule has 1 aliphatic rings. The van der Waals surface area contributed by atoms with Crippen LogP contribution in [0.2, 0.25) is 0 Å². The summed E-state index contributed by atoms with van der Waals surface area (Å²) in [4.78, 5) is 23.6. The molecule has 12 heavy (non-hydrogen) atoms. The number of carbonyl (C=O) groups is 2. The van der Waals surface area contributed by atoms with Gasteiger partial charge in [-0.05, 0) is 6.42 Å². The predicted molar refractivity (Wildman–Crippen MR) is 42.4 cm³/mol. The molecule has 1 amide bonds. The maximum absolute atomic E-state index is 11.2. The van der Waals surface area contributed by atoms with Crippen molar-refractivity contribution in [3.8, 4) is 0 Å². The van der Waals surface area contributed by atoms with Crippen molar-refractivity contribution in [1.29, 1.82) is 0 Å². The van der Waals surface area contributed by atoms with Crippen molar-refractivity contribution in [2.75, 3.05) is 20.7 Å². The average Bonchev–Trinajstić information content (AvgIpc) is 2.36. The Morgan fingerprint density at radius 3 is 2.75 bits per heavy atom. The zero-order chi connectivity index (χ0) is 9.14. The minimum absolute atomic E-state index is 0.0150. The van der Waals surface area contributed by atoms with Crippen molar-refractivity contribution < 1.29 is 14.3 Å². The first kappa shape index (κ1) is 9.03. The lowest BCUT2D eigenvalue weighted by Gasteiger charge is -2.11. The lowest BCUT2D eigenvalue weighted by atomic mass is 10.0. The molecule has 0 aliphatic carbocycles. The molecule has 0 aromatic rings. The minimum atomic E-state index is -0.231. The van der Waals surface area contributed by atoms with E-state index in [0.717, 1.165) is 0 Å². The van der Waals surface area contributed by atoms with Gasteiger partial charge in [0.1, 0.15) is 0 Å². The van der Waals surface area contributed by atoms with Gasteiger partial charge in [-0.1, -0.05) is 0 Å². The predicted octanol–water partition coefficient (Wildman–Crippen LogP) is 0.0278. The number of ether oxygens (including phenoxy) is 1. The molecule has 0 saturated carbocycles. The van der Waals surface area contributed by atoms with Gasteiger partial charge in [0, 0.05) is 20.5 Å². The van der Waals surface area contributed by atoms with Crippen molar-refractivity contribution in [2.45, 2.75) is 12.8 Å². The van der Waals surface area contributed by atoms with Crippen LogP contribution in [0.5, 0.6) is 0 Å². The summed E-state index contributed by atoms with van der Waals surface area (Å²) in [6.07, 6.45) is 0.963. The van der Waals surface area contributed by atoms with E-state index in [-0.39, 0.29) is 24.2 Å². The molecule has 1 fully saturated rings. The minimum Gasteiger partial charge on any atom is -0.465 e. The Balaban J connectivity index is 2.40. The molecule has 1 rings (SSSR count). The lowest BCUT2D eigenvalue weighted by Crippen LogP contribution is -2.25. The monoisotopic (exact) mass is 171 g/mol. The molecule has 1 saturated heterocycles. The third-order valence-corrected chi connectivity index (χ3v) is 1.96. The summed E-state index contributed by atoms with van der Waals surface area (Å²) in [6, 6.07) is 0. The average molecular weight is 171 g/mol. The lowest BCUT2D eigenvalue weighted by molar-refractivity contribution is -0.144. The van der Waals surface area contributed by atoms with E-state index in [9.17, 15) is 9.59 Å². The second-order valence-corrected chi connectivity index (χ2v) is 3.15. The van der Waals surface area contributed by atoms with Crippen LogP contribution in [0.3, 0.4) is 0 Å². The summed E-state index contributed by atoms with van der Waals surface area (Å²) in [5.41, 5.74) is 0. The zero-order valence-corrected chi connectivity index (χ0v) is 7.37. The molecule has 68 valence electrons. The molecule has 4 nitrogen and oxygen atoms in total. The van der Waals surface area contributed by atoms with Crippen molar-refractivity contribution in [3.63, 3.8) is 0 Å². The Bertz CT molecular complexity index is 200. The standard InChI is InChI=1S/C8H13NO3/c1-9(2)7(10)5-6-3-4-12-8(6)11/h6H,3-5H2,1-2H3. The number of hydrogen-bond acceptors (Lipinski definition) is 3. The zero-order valence-electron chi connectivity index (χ0n) is 7.37. The molecule has 0 aromatic carbocycles. The highest BCUT2D eigenvalue weighted by Gasteiger charge is 2.28. The van der Waals surface area contributed by atoms with Crippen molar-refractivity contribution in [2.24, 2.45) is 5.92 Å². The van der Waals surface area contributed by atoms with Crippen LogP contribution in [0.25, 0.3) is 0 Å². The fraction of sp³-hybridized carbons (Fsp3) is 0.750. The molecule has 0 N–H and O–H groups in total. The van der Waals surface area contributed by atoms with E-state index >= 15 is 0 Å². The van der Waals surface area contributed by atoms with Crippen LogP contribution in [0.4, 0.5) is 0 Å². The summed E-state index contributed by atoms with van der Waals surface area (Å²) in [7, 11) is 3.37. The Labute approximate surface area is 71.5 Å². The van der Waals surface area contributed by atoms with E-state index in [1.165, 1.54) is 4.90 Å². The smallest absolute Gasteiger partial charge is 0.309 e. The first-order chi connectivity index (χ1) is 5.61. The maximum atomic E-state index is 11.2. The Morgan fingerprint density at radius 1 is 1.67 bits per heavy atom. The SMILES string of the molecule is CN(C)C(=O)CC1CCOC1=O. The van der Waals surface area contributed by atoms with Crippen LogP contribution in [-0.4, -0.2) is 37.5 Å². The molecular formula is C8H13NO3. The topological polar surface area (TPSA) is 46.6 Å². The first-order valence-corrected chi connectivity index (χ1v) is 3.98. The van der Waals surface area contributed by atoms with Crippen LogP contribution >= 0.6 is 0 Å². The van der Waals surface area contributed by atoms with E-state index in [2.05, 4.69) is 0 Å². The van der Waals surface area contributed by atoms with Crippen LogP contribution in [0.15, 0.2) is 0 Å². The molecule has 1 heterocycles. The van der Waals surface area contributed by atoms with E-state index in [1.54, 1.807) is 14.1 Å². The Hall–Kier alpha value is -1.06. The Kier molecular flexibility index (Phi) is 2.68. The fourth-order valence-electron chi connectivity index (χ4n) is 1.12. The third-order valence-electron chi connectivity index (χ3n) is 1.96. The van der Waals surface area contributed by atoms with Gasteiger partial charge in [-0.15, -0.1) is 0 Å². The molecule has 1 aliphatic heterocycles. The van der Waals surface area contributed by atoms with Gasteiger partial charge in [-0.25, -0.2) is 0 Å². The summed E-state index contributed by atoms with van der Waals surface area (Å²) >= 11 is 0. The van der Waals surface area contributed by atoms with Gasteiger partial charge in [0.25, 0.3) is 0 Å². The number of hydrogen-bond donors (Lipinski definition) is 0. The van der Waals surface area contributed by atoms with Crippen LogP contribution in [0.1, 0.15) is 12.8 Å². The molecule has 1 atom stereocenters. The van der Waals surface area contributed by atoms with E-state index in [1.807, 2.05) is 0 Å². The fourth-order valence-corrected chi connectivity index (χ4v) is 1.12. The number of carbonyl (C=O) groups excluding carboxylic acids is 2. The highest BCUT2D eigenvalue weighted by atomic mass is 16.5. The highest BCUT2D eigenvalue weighted by molar-refractivity contribution is 5.83. The Morgan fingerprint density at radius 2 is 2.33 bits per heavy atom. The van der Waals surface area contributed by atoms with Crippen molar-refractivity contribution in [3.05, 3.63) is 0 Å². The van der Waals surface area contributed by atoms with Gasteiger partial charge in [0.15, 0.2) is 0 Å². The first-order valence-electron chi connectivity index (χ1n) is 3.98. The maximum Gasteiger partial charge on any atom is 0.309 e. The number of cyclic esters (lactones) is 1. The second kappa shape index (κ2) is 3.56. The number of amides is 1. The molecular weight excluding hydrogens is 158 g/mol. The van der Waals surface area contributed by atoms with Crippen molar-refractivity contribution in [1.82, 2.24) is 4.90 Å². The molecule has 4 heteroatoms. The van der Waals surface area contributed by atoms with Gasteiger partial charge in [-0.2, -0.15) is 0 Å². The summed E-state index contributed by atoms with van der Waals surface area (Å²) < 4.78 is 4.74. The molecule has 0 spiro atoms. The van der Waals surface area contributed by atoms with Crippen molar-refractivity contribution >= 4 is 11.9 Å². The van der Waals surface area contributed by atoms with E-state index in [0.29, 0.717) is 13.0 Å². The van der Waals surface area contributed by atoms with E-state index < -0.39 is 0 Å². The quantitative estimate of drug-likeness (QED) is 0.550. The van der Waals surface area contributed by atoms with Crippen LogP contribution in [-0.2, 0) is 14.3 Å². The molecule has 0 aromatic heterocycles. The largest absolute Gasteiger partial charge is 0.465 e. The molecule has 0 bridgehead atoms. The van der Waals surface area contributed by atoms with Crippen LogP contribution < -0.4 is 0 Å². The second-order valence-electron chi connectivity index (χ2n) is 3.15. The number of esters is 1. The normalized spacial score (nSPS) is 22.2. The molecule has 0 radical (unpaired) electrons. The third kappa shape index (κ3) is 1.96. The van der Waals surface area contributed by atoms with Gasteiger partial charge < -0.3 is 9.64 Å². The molecule has 1 unspecified atom stereocenters. The highest BCUT2D eigenvalue weighted by Crippen LogP contribution is 2.18. The van der Waals surface area contributed by atoms with Gasteiger partial charge in [0.05, 0.1) is 12.5 Å². The van der Waals surface area contributed by atoms with Gasteiger partial charge in [-0.3, -0.25) is 9.59 Å². The van der Waals surface area contributed by atoms with Crippen LogP contribution in [0, 0.1) is 5.92 Å². The summed E-state index contributed by atoms with van der Waals surface area (Å²) in [6.45, 7) is 0.463. The number of rotatable bonds is 2. The number of nitrogens with zero attached hydrogens (tertiary/aromatic N) is 1. The van der Waals surface area contributed by atoms with Gasteiger partial charge >= 0.3 is 5.97 Å². The van der Waals surface area contributed by atoms with E-state index in [4.69, 9.17) is 4.74 Å². The summed E-state index contributed by atoms with van der Waals surface area (Å²) in [5.74, 6) is -0.455. The van der Waals surface area contributed by atoms with Gasteiger partial charge in [0.2, 0.25) is 5.91 Å². The summed E-state index contributed by atoms with van der Waals surface area (Å²) in [5, 5.41) is 0.